The lowest BCUT2D eigenvalue weighted by atomic mass is 10.2. The number of anilines is 1. The van der Waals surface area contributed by atoms with E-state index in [-0.39, 0.29) is 0 Å². The lowest BCUT2D eigenvalue weighted by Crippen LogP contribution is -2.51. The van der Waals surface area contributed by atoms with Crippen LogP contribution in [0.5, 0.6) is 0 Å². The summed E-state index contributed by atoms with van der Waals surface area (Å²) < 4.78 is 0. The summed E-state index contributed by atoms with van der Waals surface area (Å²) in [6.07, 6.45) is 5.29. The highest BCUT2D eigenvalue weighted by Gasteiger charge is 2.29. The van der Waals surface area contributed by atoms with Gasteiger partial charge < -0.3 is 10.6 Å². The van der Waals surface area contributed by atoms with E-state index in [0.717, 1.165) is 5.69 Å². The Morgan fingerprint density at radius 3 is 2.67 bits per heavy atom. The quantitative estimate of drug-likeness (QED) is 0.817. The van der Waals surface area contributed by atoms with E-state index in [9.17, 15) is 0 Å². The van der Waals surface area contributed by atoms with Gasteiger partial charge in [0.2, 0.25) is 0 Å². The fourth-order valence-corrected chi connectivity index (χ4v) is 2.51. The third kappa shape index (κ3) is 2.23. The van der Waals surface area contributed by atoms with Crippen molar-refractivity contribution in [2.24, 2.45) is 5.73 Å². The summed E-state index contributed by atoms with van der Waals surface area (Å²) in [6.45, 7) is 2.81. The first-order valence-corrected chi connectivity index (χ1v) is 6.29. The van der Waals surface area contributed by atoms with E-state index in [2.05, 4.69) is 21.8 Å². The summed E-state index contributed by atoms with van der Waals surface area (Å²) in [5, 5.41) is 0. The molecule has 2 rings (SSSR count). The molecule has 82 valence electrons. The lowest BCUT2D eigenvalue weighted by Gasteiger charge is -2.41. The molecule has 2 N–H and O–H groups in total. The van der Waals surface area contributed by atoms with Gasteiger partial charge >= 0.3 is 0 Å². The summed E-state index contributed by atoms with van der Waals surface area (Å²) in [6, 6.07) is 0.946. The summed E-state index contributed by atoms with van der Waals surface area (Å²) in [4.78, 5) is 10.5. The predicted molar refractivity (Wildman–Crippen MR) is 64.1 cm³/mol. The Morgan fingerprint density at radius 2 is 2.20 bits per heavy atom. The molecule has 0 spiro atoms. The summed E-state index contributed by atoms with van der Waals surface area (Å²) >= 11 is 1.97. The zero-order chi connectivity index (χ0) is 10.7. The second kappa shape index (κ2) is 4.81. The van der Waals surface area contributed by atoms with E-state index in [1.165, 1.54) is 11.5 Å². The second-order valence-corrected chi connectivity index (χ2v) is 4.85. The Hall–Kier alpha value is -0.810. The normalized spacial score (nSPS) is 18.3. The molecule has 0 radical (unpaired) electrons. The zero-order valence-electron chi connectivity index (χ0n) is 8.84. The molecule has 0 amide bonds. The first-order chi connectivity index (χ1) is 7.33. The number of nitrogens with two attached hydrogens (primary N) is 1. The molecule has 1 aliphatic rings. The highest BCUT2D eigenvalue weighted by Crippen LogP contribution is 2.28. The van der Waals surface area contributed by atoms with Gasteiger partial charge in [0, 0.05) is 30.1 Å². The number of aromatic nitrogens is 2. The van der Waals surface area contributed by atoms with Crippen molar-refractivity contribution in [2.45, 2.75) is 19.0 Å². The minimum atomic E-state index is 0.349. The molecular formula is C10H16N4S. The van der Waals surface area contributed by atoms with Crippen LogP contribution >= 0.6 is 11.8 Å². The van der Waals surface area contributed by atoms with Crippen molar-refractivity contribution in [3.05, 3.63) is 18.7 Å². The molecule has 15 heavy (non-hydrogen) atoms. The standard InChI is InChI=1S/C10H16N4S/c1-8(2-11)14(10-5-15-6-10)9-3-12-7-13-4-9/h3-4,7-8,10H,2,5-6,11H2,1H3. The topological polar surface area (TPSA) is 55.0 Å². The van der Waals surface area contributed by atoms with E-state index >= 15 is 0 Å². The van der Waals surface area contributed by atoms with Gasteiger partial charge in [0.05, 0.1) is 18.1 Å². The number of rotatable bonds is 4. The van der Waals surface area contributed by atoms with Crippen LogP contribution in [0.4, 0.5) is 5.69 Å². The minimum Gasteiger partial charge on any atom is -0.360 e. The molecule has 0 aromatic carbocycles. The third-order valence-electron chi connectivity index (χ3n) is 2.67. The number of thioether (sulfide) groups is 1. The van der Waals surface area contributed by atoms with Crippen LogP contribution in [-0.4, -0.2) is 40.1 Å². The molecule has 1 aromatic heterocycles. The fraction of sp³-hybridized carbons (Fsp3) is 0.600. The molecule has 5 heteroatoms. The summed E-state index contributed by atoms with van der Waals surface area (Å²) in [5.41, 5.74) is 6.82. The van der Waals surface area contributed by atoms with Gasteiger partial charge in [0.15, 0.2) is 0 Å². The molecule has 0 saturated carbocycles. The molecule has 0 aliphatic carbocycles. The molecule has 1 saturated heterocycles. The van der Waals surface area contributed by atoms with Gasteiger partial charge in [-0.15, -0.1) is 0 Å². The average Bonchev–Trinajstić information content (AvgIpc) is 2.23. The zero-order valence-corrected chi connectivity index (χ0v) is 9.65. The van der Waals surface area contributed by atoms with E-state index in [4.69, 9.17) is 5.73 Å². The fourth-order valence-electron chi connectivity index (χ4n) is 1.75. The Kier molecular flexibility index (Phi) is 3.43. The monoisotopic (exact) mass is 224 g/mol. The van der Waals surface area contributed by atoms with Gasteiger partial charge in [-0.1, -0.05) is 0 Å². The predicted octanol–water partition coefficient (Wildman–Crippen LogP) is 0.746. The second-order valence-electron chi connectivity index (χ2n) is 3.78. The van der Waals surface area contributed by atoms with E-state index in [1.54, 1.807) is 6.33 Å². The van der Waals surface area contributed by atoms with E-state index < -0.39 is 0 Å². The third-order valence-corrected chi connectivity index (χ3v) is 3.92. The van der Waals surface area contributed by atoms with Gasteiger partial charge in [0.25, 0.3) is 0 Å². The van der Waals surface area contributed by atoms with Crippen molar-refractivity contribution in [2.75, 3.05) is 23.0 Å². The maximum Gasteiger partial charge on any atom is 0.115 e. The summed E-state index contributed by atoms with van der Waals surface area (Å²) in [5.74, 6) is 2.36. The van der Waals surface area contributed by atoms with Gasteiger partial charge in [0.1, 0.15) is 6.33 Å². The first-order valence-electron chi connectivity index (χ1n) is 5.14. The molecule has 1 fully saturated rings. The van der Waals surface area contributed by atoms with Crippen LogP contribution in [-0.2, 0) is 0 Å². The van der Waals surface area contributed by atoms with Crippen molar-refractivity contribution in [1.82, 2.24) is 9.97 Å². The molecule has 2 heterocycles. The smallest absolute Gasteiger partial charge is 0.115 e. The van der Waals surface area contributed by atoms with Crippen LogP contribution in [0.2, 0.25) is 0 Å². The maximum absolute atomic E-state index is 5.74. The van der Waals surface area contributed by atoms with Crippen LogP contribution in [0.1, 0.15) is 6.92 Å². The molecule has 1 unspecified atom stereocenters. The van der Waals surface area contributed by atoms with Gasteiger partial charge in [-0.3, -0.25) is 0 Å². The van der Waals surface area contributed by atoms with Crippen LogP contribution in [0.25, 0.3) is 0 Å². The van der Waals surface area contributed by atoms with Crippen LogP contribution < -0.4 is 10.6 Å². The van der Waals surface area contributed by atoms with Gasteiger partial charge in [-0.25, -0.2) is 9.97 Å². The Balaban J connectivity index is 2.18. The number of hydrogen-bond donors (Lipinski definition) is 1. The highest BCUT2D eigenvalue weighted by molar-refractivity contribution is 8.00. The van der Waals surface area contributed by atoms with Gasteiger partial charge in [-0.2, -0.15) is 11.8 Å². The molecule has 1 aliphatic heterocycles. The van der Waals surface area contributed by atoms with Crippen molar-refractivity contribution >= 4 is 17.4 Å². The van der Waals surface area contributed by atoms with Crippen LogP contribution in [0.15, 0.2) is 18.7 Å². The molecule has 4 nitrogen and oxygen atoms in total. The van der Waals surface area contributed by atoms with Gasteiger partial charge in [-0.05, 0) is 6.92 Å². The number of nitrogens with zero attached hydrogens (tertiary/aromatic N) is 3. The van der Waals surface area contributed by atoms with Crippen molar-refractivity contribution in [1.29, 1.82) is 0 Å². The molecular weight excluding hydrogens is 208 g/mol. The Morgan fingerprint density at radius 1 is 1.53 bits per heavy atom. The maximum atomic E-state index is 5.74. The van der Waals surface area contributed by atoms with E-state index in [1.807, 2.05) is 24.2 Å². The van der Waals surface area contributed by atoms with Crippen LogP contribution in [0, 0.1) is 0 Å². The van der Waals surface area contributed by atoms with Crippen molar-refractivity contribution < 1.29 is 0 Å². The van der Waals surface area contributed by atoms with Crippen LogP contribution in [0.3, 0.4) is 0 Å². The molecule has 1 aromatic rings. The Bertz CT molecular complexity index is 297. The largest absolute Gasteiger partial charge is 0.360 e. The lowest BCUT2D eigenvalue weighted by molar-refractivity contribution is 0.575. The van der Waals surface area contributed by atoms with Crippen molar-refractivity contribution in [3.63, 3.8) is 0 Å². The summed E-state index contributed by atoms with van der Waals surface area (Å²) in [7, 11) is 0. The first kappa shape index (κ1) is 10.7. The average molecular weight is 224 g/mol. The van der Waals surface area contributed by atoms with E-state index in [0.29, 0.717) is 18.6 Å². The molecule has 0 bridgehead atoms. The Labute approximate surface area is 94.3 Å². The highest BCUT2D eigenvalue weighted by atomic mass is 32.2. The minimum absolute atomic E-state index is 0.349. The number of hydrogen-bond acceptors (Lipinski definition) is 5. The SMILES string of the molecule is CC(CN)N(c1cncnc1)C1CSC1. The van der Waals surface area contributed by atoms with Crippen molar-refractivity contribution in [3.8, 4) is 0 Å². The molecule has 1 atom stereocenters.